The van der Waals surface area contributed by atoms with Gasteiger partial charge in [0.15, 0.2) is 0 Å². The fourth-order valence-electron chi connectivity index (χ4n) is 2.53. The molecule has 2 atom stereocenters. The van der Waals surface area contributed by atoms with Gasteiger partial charge in [0.05, 0.1) is 11.1 Å². The summed E-state index contributed by atoms with van der Waals surface area (Å²) in [5.41, 5.74) is 0.162. The van der Waals surface area contributed by atoms with Crippen LogP contribution in [0.25, 0.3) is 0 Å². The molecule has 2 amide bonds. The van der Waals surface area contributed by atoms with E-state index in [1.165, 1.54) is 12.1 Å². The lowest BCUT2D eigenvalue weighted by molar-refractivity contribution is -0.136. The first-order valence-electron chi connectivity index (χ1n) is 7.18. The highest BCUT2D eigenvalue weighted by Crippen LogP contribution is 2.23. The van der Waals surface area contributed by atoms with Crippen LogP contribution in [0.4, 0.5) is 10.1 Å². The van der Waals surface area contributed by atoms with Gasteiger partial charge in [-0.25, -0.2) is 4.39 Å². The van der Waals surface area contributed by atoms with Crippen molar-refractivity contribution in [2.75, 3.05) is 11.9 Å². The second kappa shape index (κ2) is 7.56. The molecule has 0 bridgehead atoms. The summed E-state index contributed by atoms with van der Waals surface area (Å²) in [6.07, 6.45) is 2.91. The van der Waals surface area contributed by atoms with Gasteiger partial charge in [-0.1, -0.05) is 18.0 Å². The van der Waals surface area contributed by atoms with Crippen LogP contribution in [0.1, 0.15) is 25.7 Å². The van der Waals surface area contributed by atoms with Crippen molar-refractivity contribution in [3.63, 3.8) is 0 Å². The molecule has 1 saturated carbocycles. The number of hydrogen-bond donors (Lipinski definition) is 3. The monoisotopic (exact) mass is 328 g/mol. The van der Waals surface area contributed by atoms with Crippen molar-refractivity contribution >= 4 is 29.1 Å². The van der Waals surface area contributed by atoms with E-state index in [1.54, 1.807) is 0 Å². The SMILES string of the molecule is O=C(NCC1CCCC(O)C1)C(=O)Nc1ccc(Cl)c(F)c1. The smallest absolute Gasteiger partial charge is 0.313 e. The van der Waals surface area contributed by atoms with Crippen LogP contribution in [0.5, 0.6) is 0 Å². The van der Waals surface area contributed by atoms with Crippen molar-refractivity contribution in [2.45, 2.75) is 31.8 Å². The van der Waals surface area contributed by atoms with Crippen LogP contribution in [0.2, 0.25) is 5.02 Å². The van der Waals surface area contributed by atoms with E-state index in [2.05, 4.69) is 10.6 Å². The number of carbonyl (C=O) groups is 2. The Labute approximate surface area is 132 Å². The van der Waals surface area contributed by atoms with E-state index >= 15 is 0 Å². The number of rotatable bonds is 3. The van der Waals surface area contributed by atoms with Crippen LogP contribution in [0.15, 0.2) is 18.2 Å². The number of aliphatic hydroxyl groups is 1. The van der Waals surface area contributed by atoms with Gasteiger partial charge in [0.25, 0.3) is 0 Å². The molecule has 1 aliphatic carbocycles. The molecule has 0 aliphatic heterocycles. The summed E-state index contributed by atoms with van der Waals surface area (Å²) < 4.78 is 13.3. The molecular formula is C15H18ClFN2O3. The van der Waals surface area contributed by atoms with Gasteiger partial charge in [-0.2, -0.15) is 0 Å². The zero-order valence-corrected chi connectivity index (χ0v) is 12.7. The molecule has 0 spiro atoms. The molecule has 0 heterocycles. The molecule has 5 nitrogen and oxygen atoms in total. The maximum atomic E-state index is 13.3. The number of anilines is 1. The highest BCUT2D eigenvalue weighted by molar-refractivity contribution is 6.39. The van der Waals surface area contributed by atoms with E-state index in [0.29, 0.717) is 13.0 Å². The molecule has 0 aromatic heterocycles. The maximum Gasteiger partial charge on any atom is 0.313 e. The summed E-state index contributed by atoms with van der Waals surface area (Å²) in [5.74, 6) is -2.14. The first-order valence-corrected chi connectivity index (χ1v) is 7.56. The Hall–Kier alpha value is -1.66. The van der Waals surface area contributed by atoms with E-state index < -0.39 is 17.6 Å². The molecule has 1 aliphatic rings. The number of aliphatic hydroxyl groups excluding tert-OH is 1. The van der Waals surface area contributed by atoms with E-state index in [4.69, 9.17) is 11.6 Å². The van der Waals surface area contributed by atoms with Gasteiger partial charge in [-0.3, -0.25) is 9.59 Å². The van der Waals surface area contributed by atoms with Gasteiger partial charge >= 0.3 is 11.8 Å². The summed E-state index contributed by atoms with van der Waals surface area (Å²) in [6.45, 7) is 0.346. The number of hydrogen-bond acceptors (Lipinski definition) is 3. The number of benzene rings is 1. The normalized spacial score (nSPS) is 21.2. The van der Waals surface area contributed by atoms with E-state index in [0.717, 1.165) is 25.3 Å². The van der Waals surface area contributed by atoms with Crippen LogP contribution in [-0.2, 0) is 9.59 Å². The minimum atomic E-state index is -0.863. The molecule has 2 rings (SSSR count). The Morgan fingerprint density at radius 3 is 2.77 bits per heavy atom. The average molecular weight is 329 g/mol. The third-order valence-corrected chi connectivity index (χ3v) is 4.00. The van der Waals surface area contributed by atoms with Crippen LogP contribution in [0, 0.1) is 11.7 Å². The molecule has 120 valence electrons. The van der Waals surface area contributed by atoms with Crippen molar-refractivity contribution in [3.05, 3.63) is 29.0 Å². The molecule has 0 radical (unpaired) electrons. The van der Waals surface area contributed by atoms with Gasteiger partial charge in [-0.05, 0) is 43.4 Å². The van der Waals surface area contributed by atoms with Gasteiger partial charge in [-0.15, -0.1) is 0 Å². The predicted octanol–water partition coefficient (Wildman–Crippen LogP) is 2.08. The number of carbonyl (C=O) groups excluding carboxylic acids is 2. The molecule has 22 heavy (non-hydrogen) atoms. The molecular weight excluding hydrogens is 311 g/mol. The first kappa shape index (κ1) is 16.7. The van der Waals surface area contributed by atoms with Crippen molar-refractivity contribution < 1.29 is 19.1 Å². The quantitative estimate of drug-likeness (QED) is 0.743. The van der Waals surface area contributed by atoms with Gasteiger partial charge in [0.2, 0.25) is 0 Å². The summed E-state index contributed by atoms with van der Waals surface area (Å²) in [4.78, 5) is 23.4. The minimum Gasteiger partial charge on any atom is -0.393 e. The third-order valence-electron chi connectivity index (χ3n) is 3.69. The fourth-order valence-corrected chi connectivity index (χ4v) is 2.64. The van der Waals surface area contributed by atoms with Crippen LogP contribution < -0.4 is 10.6 Å². The zero-order chi connectivity index (χ0) is 16.1. The minimum absolute atomic E-state index is 0.0571. The Morgan fingerprint density at radius 2 is 2.09 bits per heavy atom. The van der Waals surface area contributed by atoms with Crippen LogP contribution >= 0.6 is 11.6 Å². The zero-order valence-electron chi connectivity index (χ0n) is 11.9. The topological polar surface area (TPSA) is 78.4 Å². The van der Waals surface area contributed by atoms with Gasteiger partial charge in [0, 0.05) is 12.2 Å². The Morgan fingerprint density at radius 1 is 1.32 bits per heavy atom. The largest absolute Gasteiger partial charge is 0.393 e. The Kier molecular flexibility index (Phi) is 5.74. The first-order chi connectivity index (χ1) is 10.5. The lowest BCUT2D eigenvalue weighted by atomic mass is 9.87. The summed E-state index contributed by atoms with van der Waals surface area (Å²) in [7, 11) is 0. The Bertz CT molecular complexity index is 568. The molecule has 3 N–H and O–H groups in total. The maximum absolute atomic E-state index is 13.3. The standard InChI is InChI=1S/C15H18ClFN2O3/c16-12-5-4-10(7-13(12)17)19-15(22)14(21)18-8-9-2-1-3-11(20)6-9/h4-5,7,9,11,20H,1-3,6,8H2,(H,18,21)(H,19,22). The number of amides is 2. The molecule has 7 heteroatoms. The number of halogens is 2. The van der Waals surface area contributed by atoms with Gasteiger partial charge < -0.3 is 15.7 Å². The van der Waals surface area contributed by atoms with Crippen molar-refractivity contribution in [3.8, 4) is 0 Å². The second-order valence-corrected chi connectivity index (χ2v) is 5.89. The van der Waals surface area contributed by atoms with Gasteiger partial charge in [0.1, 0.15) is 5.82 Å². The molecule has 1 fully saturated rings. The second-order valence-electron chi connectivity index (χ2n) is 5.48. The van der Waals surface area contributed by atoms with Crippen LogP contribution in [0.3, 0.4) is 0 Å². The molecule has 1 aromatic carbocycles. The van der Waals surface area contributed by atoms with Crippen molar-refractivity contribution in [2.24, 2.45) is 5.92 Å². The molecule has 2 unspecified atom stereocenters. The van der Waals surface area contributed by atoms with Crippen LogP contribution in [-0.4, -0.2) is 29.6 Å². The highest BCUT2D eigenvalue weighted by Gasteiger charge is 2.22. The number of nitrogens with one attached hydrogen (secondary N) is 2. The third kappa shape index (κ3) is 4.68. The van der Waals surface area contributed by atoms with E-state index in [1.807, 2.05) is 0 Å². The lowest BCUT2D eigenvalue weighted by Crippen LogP contribution is -2.39. The predicted molar refractivity (Wildman–Crippen MR) is 81.0 cm³/mol. The van der Waals surface area contributed by atoms with Crippen molar-refractivity contribution in [1.82, 2.24) is 5.32 Å². The fraction of sp³-hybridized carbons (Fsp3) is 0.467. The average Bonchev–Trinajstić information content (AvgIpc) is 2.48. The molecule has 0 saturated heterocycles. The summed E-state index contributed by atoms with van der Waals surface area (Å²) in [5, 5.41) is 14.3. The molecule has 1 aromatic rings. The highest BCUT2D eigenvalue weighted by atomic mass is 35.5. The Balaban J connectivity index is 1.81. The van der Waals surface area contributed by atoms with Crippen molar-refractivity contribution in [1.29, 1.82) is 0 Å². The summed E-state index contributed by atoms with van der Waals surface area (Å²) in [6, 6.07) is 3.76. The summed E-state index contributed by atoms with van der Waals surface area (Å²) >= 11 is 5.54. The lowest BCUT2D eigenvalue weighted by Gasteiger charge is -2.25. The van der Waals surface area contributed by atoms with E-state index in [9.17, 15) is 19.1 Å². The van der Waals surface area contributed by atoms with E-state index in [-0.39, 0.29) is 22.7 Å².